The summed E-state index contributed by atoms with van der Waals surface area (Å²) in [6, 6.07) is 7.40. The molecule has 1 aromatic heterocycles. The molecule has 2 aromatic rings. The summed E-state index contributed by atoms with van der Waals surface area (Å²) in [7, 11) is 0. The van der Waals surface area contributed by atoms with Crippen molar-refractivity contribution in [2.75, 3.05) is 19.6 Å². The number of benzene rings is 1. The van der Waals surface area contributed by atoms with Gasteiger partial charge < -0.3 is 5.32 Å². The second-order valence-electron chi connectivity index (χ2n) is 8.09. The van der Waals surface area contributed by atoms with Crippen molar-refractivity contribution in [1.82, 2.24) is 10.2 Å². The minimum absolute atomic E-state index is 0.00800. The van der Waals surface area contributed by atoms with Crippen LogP contribution < -0.4 is 5.32 Å². The normalized spacial score (nSPS) is 16.5. The Morgan fingerprint density at radius 2 is 1.97 bits per heavy atom. The van der Waals surface area contributed by atoms with Crippen molar-refractivity contribution >= 4 is 34.6 Å². The Bertz CT molecular complexity index is 902. The van der Waals surface area contributed by atoms with Gasteiger partial charge in [0.15, 0.2) is 0 Å². The van der Waals surface area contributed by atoms with Gasteiger partial charge >= 0.3 is 0 Å². The second kappa shape index (κ2) is 8.99. The summed E-state index contributed by atoms with van der Waals surface area (Å²) in [6.07, 6.45) is 3.99. The van der Waals surface area contributed by atoms with E-state index < -0.39 is 0 Å². The Morgan fingerprint density at radius 3 is 2.66 bits per heavy atom. The number of nitrogens with one attached hydrogen (secondary N) is 1. The number of Topliss-reactive ketones (excluding diaryl/α,β-unsaturated/α-hetero) is 1. The standard InChI is InChI=1S/C23H27ClN2O2S/c1-2-26-10-9-19-21(14-26)29-20(22(19)23(28)25-13-16-3-4-16)12-18(27)11-15-5-7-17(24)8-6-15/h5-8,16H,2-4,9-14H2,1H3,(H,25,28). The second-order valence-corrected chi connectivity index (χ2v) is 9.72. The molecule has 1 amide bonds. The number of rotatable bonds is 8. The Hall–Kier alpha value is -1.69. The molecule has 6 heteroatoms. The number of hydrogen-bond acceptors (Lipinski definition) is 4. The lowest BCUT2D eigenvalue weighted by Crippen LogP contribution is -2.32. The molecule has 1 N–H and O–H groups in total. The molecule has 0 radical (unpaired) electrons. The van der Waals surface area contributed by atoms with E-state index in [-0.39, 0.29) is 11.7 Å². The van der Waals surface area contributed by atoms with Gasteiger partial charge in [-0.1, -0.05) is 30.7 Å². The molecule has 0 atom stereocenters. The first kappa shape index (κ1) is 20.6. The van der Waals surface area contributed by atoms with Crippen LogP contribution >= 0.6 is 22.9 Å². The molecular weight excluding hydrogens is 404 g/mol. The lowest BCUT2D eigenvalue weighted by Gasteiger charge is -2.25. The molecule has 1 aliphatic heterocycles. The van der Waals surface area contributed by atoms with E-state index in [2.05, 4.69) is 17.1 Å². The van der Waals surface area contributed by atoms with Crippen LogP contribution in [-0.4, -0.2) is 36.2 Å². The molecule has 0 saturated heterocycles. The predicted octanol–water partition coefficient (Wildman–Crippen LogP) is 4.27. The number of amides is 1. The highest BCUT2D eigenvalue weighted by Gasteiger charge is 2.29. The smallest absolute Gasteiger partial charge is 0.252 e. The van der Waals surface area contributed by atoms with Gasteiger partial charge in [-0.25, -0.2) is 0 Å². The number of carbonyl (C=O) groups excluding carboxylic acids is 2. The van der Waals surface area contributed by atoms with Gasteiger partial charge in [0.05, 0.1) is 5.56 Å². The van der Waals surface area contributed by atoms with E-state index in [9.17, 15) is 9.59 Å². The van der Waals surface area contributed by atoms with Crippen LogP contribution in [0.15, 0.2) is 24.3 Å². The number of fused-ring (bicyclic) bond motifs is 1. The predicted molar refractivity (Wildman–Crippen MR) is 118 cm³/mol. The first-order valence-corrected chi connectivity index (χ1v) is 11.6. The van der Waals surface area contributed by atoms with Gasteiger partial charge in [-0.15, -0.1) is 11.3 Å². The fourth-order valence-corrected chi connectivity index (χ4v) is 5.44. The van der Waals surface area contributed by atoms with Gasteiger partial charge in [-0.05, 0) is 55.0 Å². The van der Waals surface area contributed by atoms with Gasteiger partial charge in [0, 0.05) is 47.3 Å². The molecule has 1 aromatic carbocycles. The third-order valence-electron chi connectivity index (χ3n) is 5.80. The molecule has 4 nitrogen and oxygen atoms in total. The number of likely N-dealkylation sites (N-methyl/N-ethyl adjacent to an activating group) is 1. The molecule has 2 aliphatic rings. The Labute approximate surface area is 181 Å². The molecule has 1 fully saturated rings. The van der Waals surface area contributed by atoms with Gasteiger partial charge in [0.25, 0.3) is 5.91 Å². The van der Waals surface area contributed by atoms with Crippen LogP contribution in [-0.2, 0) is 30.6 Å². The average molecular weight is 431 g/mol. The van der Waals surface area contributed by atoms with Crippen molar-refractivity contribution < 1.29 is 9.59 Å². The van der Waals surface area contributed by atoms with Crippen LogP contribution in [0.25, 0.3) is 0 Å². The van der Waals surface area contributed by atoms with E-state index in [0.717, 1.165) is 48.6 Å². The van der Waals surface area contributed by atoms with Crippen molar-refractivity contribution in [2.45, 2.75) is 45.6 Å². The summed E-state index contributed by atoms with van der Waals surface area (Å²) >= 11 is 7.60. The van der Waals surface area contributed by atoms with Crippen LogP contribution in [0.2, 0.25) is 5.02 Å². The summed E-state index contributed by atoms with van der Waals surface area (Å²) in [5, 5.41) is 3.79. The van der Waals surface area contributed by atoms with Crippen LogP contribution in [0, 0.1) is 5.92 Å². The quantitative estimate of drug-likeness (QED) is 0.680. The van der Waals surface area contributed by atoms with Crippen molar-refractivity contribution in [3.8, 4) is 0 Å². The summed E-state index contributed by atoms with van der Waals surface area (Å²) in [6.45, 7) is 5.78. The minimum atomic E-state index is 0.00800. The number of nitrogens with zero attached hydrogens (tertiary/aromatic N) is 1. The zero-order valence-corrected chi connectivity index (χ0v) is 18.4. The molecule has 1 saturated carbocycles. The highest BCUT2D eigenvalue weighted by Crippen LogP contribution is 2.34. The summed E-state index contributed by atoms with van der Waals surface area (Å²) in [4.78, 5) is 30.4. The maximum absolute atomic E-state index is 13.0. The largest absolute Gasteiger partial charge is 0.352 e. The van der Waals surface area contributed by atoms with E-state index in [1.165, 1.54) is 23.3 Å². The van der Waals surface area contributed by atoms with E-state index in [0.29, 0.717) is 23.8 Å². The highest BCUT2D eigenvalue weighted by molar-refractivity contribution is 7.12. The van der Waals surface area contributed by atoms with Gasteiger partial charge in [0.1, 0.15) is 5.78 Å². The van der Waals surface area contributed by atoms with Crippen molar-refractivity contribution in [3.05, 3.63) is 55.7 Å². The SMILES string of the molecule is CCN1CCc2c(sc(CC(=O)Cc3ccc(Cl)cc3)c2C(=O)NCC2CC2)C1. The maximum atomic E-state index is 13.0. The highest BCUT2D eigenvalue weighted by atomic mass is 35.5. The molecule has 4 rings (SSSR count). The third-order valence-corrected chi connectivity index (χ3v) is 7.27. The lowest BCUT2D eigenvalue weighted by molar-refractivity contribution is -0.117. The summed E-state index contributed by atoms with van der Waals surface area (Å²) in [5.41, 5.74) is 2.91. The monoisotopic (exact) mass is 430 g/mol. The fourth-order valence-electron chi connectivity index (χ4n) is 3.89. The molecule has 29 heavy (non-hydrogen) atoms. The summed E-state index contributed by atoms with van der Waals surface area (Å²) < 4.78 is 0. The number of ketones is 1. The number of carbonyl (C=O) groups is 2. The van der Waals surface area contributed by atoms with Gasteiger partial charge in [-0.3, -0.25) is 14.5 Å². The molecule has 1 aliphatic carbocycles. The third kappa shape index (κ3) is 5.08. The van der Waals surface area contributed by atoms with E-state index >= 15 is 0 Å². The van der Waals surface area contributed by atoms with Crippen LogP contribution in [0.4, 0.5) is 0 Å². The van der Waals surface area contributed by atoms with Gasteiger partial charge in [0.2, 0.25) is 0 Å². The zero-order valence-electron chi connectivity index (χ0n) is 16.8. The first-order chi connectivity index (χ1) is 14.0. The van der Waals surface area contributed by atoms with E-state index in [1.807, 2.05) is 24.3 Å². The average Bonchev–Trinajstić information content (AvgIpc) is 3.47. The van der Waals surface area contributed by atoms with Crippen molar-refractivity contribution in [2.24, 2.45) is 5.92 Å². The van der Waals surface area contributed by atoms with Crippen LogP contribution in [0.3, 0.4) is 0 Å². The maximum Gasteiger partial charge on any atom is 0.252 e. The molecule has 0 unspecified atom stereocenters. The van der Waals surface area contributed by atoms with Crippen LogP contribution in [0.1, 0.15) is 51.0 Å². The number of hydrogen-bond donors (Lipinski definition) is 1. The Kier molecular flexibility index (Phi) is 6.38. The minimum Gasteiger partial charge on any atom is -0.352 e. The molecule has 0 bridgehead atoms. The molecule has 2 heterocycles. The first-order valence-electron chi connectivity index (χ1n) is 10.4. The van der Waals surface area contributed by atoms with E-state index in [4.69, 9.17) is 11.6 Å². The Morgan fingerprint density at radius 1 is 1.21 bits per heavy atom. The molecular formula is C23H27ClN2O2S. The topological polar surface area (TPSA) is 49.4 Å². The van der Waals surface area contributed by atoms with Crippen molar-refractivity contribution in [3.63, 3.8) is 0 Å². The fraction of sp³-hybridized carbons (Fsp3) is 0.478. The Balaban J connectivity index is 1.53. The molecule has 154 valence electrons. The lowest BCUT2D eigenvalue weighted by atomic mass is 9.98. The van der Waals surface area contributed by atoms with Crippen LogP contribution in [0.5, 0.6) is 0 Å². The number of thiophene rings is 1. The zero-order chi connectivity index (χ0) is 20.4. The summed E-state index contributed by atoms with van der Waals surface area (Å²) in [5.74, 6) is 0.780. The van der Waals surface area contributed by atoms with Crippen molar-refractivity contribution in [1.29, 1.82) is 0 Å². The van der Waals surface area contributed by atoms with E-state index in [1.54, 1.807) is 11.3 Å². The molecule has 0 spiro atoms. The van der Waals surface area contributed by atoms with Gasteiger partial charge in [-0.2, -0.15) is 0 Å². The number of halogens is 1.